The maximum atomic E-state index is 5.82. The first-order valence-corrected chi connectivity index (χ1v) is 10.8. The Morgan fingerprint density at radius 1 is 0.906 bits per heavy atom. The zero-order chi connectivity index (χ0) is 22.7. The third-order valence-electron chi connectivity index (χ3n) is 4.83. The molecule has 4 aromatic rings. The number of benzene rings is 2. The molecule has 0 N–H and O–H groups in total. The second-order valence-electron chi connectivity index (χ2n) is 7.04. The van der Waals surface area contributed by atoms with E-state index in [1.165, 1.54) is 17.3 Å². The minimum Gasteiger partial charge on any atom is -0.493 e. The lowest BCUT2D eigenvalue weighted by molar-refractivity contribution is 0.324. The fraction of sp³-hybridized carbons (Fsp3) is 0.261. The molecule has 2 heterocycles. The van der Waals surface area contributed by atoms with E-state index in [9.17, 15) is 0 Å². The van der Waals surface area contributed by atoms with Gasteiger partial charge >= 0.3 is 0 Å². The molecule has 0 amide bonds. The lowest BCUT2D eigenvalue weighted by Crippen LogP contribution is -1.95. The molecule has 9 heteroatoms. The number of thioether (sulfide) groups is 1. The van der Waals surface area contributed by atoms with Gasteiger partial charge in [0, 0.05) is 16.9 Å². The molecular formula is C23H23N3O5S. The van der Waals surface area contributed by atoms with Crippen molar-refractivity contribution in [2.75, 3.05) is 21.3 Å². The van der Waals surface area contributed by atoms with Crippen LogP contribution in [0.15, 0.2) is 50.7 Å². The van der Waals surface area contributed by atoms with Crippen molar-refractivity contribution in [3.8, 4) is 40.2 Å². The van der Waals surface area contributed by atoms with Crippen molar-refractivity contribution < 1.29 is 23.0 Å². The molecule has 0 aliphatic carbocycles. The smallest absolute Gasteiger partial charge is 0.277 e. The lowest BCUT2D eigenvalue weighted by Gasteiger charge is -2.12. The van der Waals surface area contributed by atoms with Crippen molar-refractivity contribution >= 4 is 11.8 Å². The average molecular weight is 454 g/mol. The Morgan fingerprint density at radius 2 is 1.66 bits per heavy atom. The second kappa shape index (κ2) is 9.35. The third-order valence-corrected chi connectivity index (χ3v) is 5.68. The zero-order valence-corrected chi connectivity index (χ0v) is 19.3. The molecule has 0 aliphatic rings. The van der Waals surface area contributed by atoms with Crippen molar-refractivity contribution in [1.82, 2.24) is 15.2 Å². The van der Waals surface area contributed by atoms with Crippen LogP contribution in [-0.4, -0.2) is 36.5 Å². The van der Waals surface area contributed by atoms with Gasteiger partial charge in [0.15, 0.2) is 11.5 Å². The van der Waals surface area contributed by atoms with E-state index in [0.29, 0.717) is 45.6 Å². The molecule has 0 saturated heterocycles. The normalized spacial score (nSPS) is 10.9. The summed E-state index contributed by atoms with van der Waals surface area (Å²) < 4.78 is 27.6. The molecule has 0 aliphatic heterocycles. The van der Waals surface area contributed by atoms with E-state index in [0.717, 1.165) is 16.8 Å². The van der Waals surface area contributed by atoms with Crippen molar-refractivity contribution in [2.45, 2.75) is 24.8 Å². The Hall–Kier alpha value is -3.46. The molecule has 0 saturated carbocycles. The van der Waals surface area contributed by atoms with E-state index in [1.54, 1.807) is 39.7 Å². The standard InChI is InChI=1S/C23H23N3O5S/c1-13-6-7-17(14(2)8-13)22-24-16(11-30-22)12-32-23-26-25-21(31-23)15-9-18(27-3)20(29-5)19(10-15)28-4/h6-11H,12H2,1-5H3. The highest BCUT2D eigenvalue weighted by Gasteiger charge is 2.18. The Labute approximate surface area is 189 Å². The molecule has 32 heavy (non-hydrogen) atoms. The molecule has 8 nitrogen and oxygen atoms in total. The van der Waals surface area contributed by atoms with Gasteiger partial charge in [0.1, 0.15) is 6.26 Å². The molecular weight excluding hydrogens is 430 g/mol. The summed E-state index contributed by atoms with van der Waals surface area (Å²) in [5, 5.41) is 8.69. The molecule has 0 atom stereocenters. The number of ether oxygens (including phenoxy) is 3. The van der Waals surface area contributed by atoms with Gasteiger partial charge in [-0.2, -0.15) is 0 Å². The van der Waals surface area contributed by atoms with E-state index < -0.39 is 0 Å². The number of aromatic nitrogens is 3. The predicted octanol–water partition coefficient (Wildman–Crippen LogP) is 5.33. The maximum Gasteiger partial charge on any atom is 0.277 e. The van der Waals surface area contributed by atoms with Gasteiger partial charge < -0.3 is 23.0 Å². The van der Waals surface area contributed by atoms with E-state index in [4.69, 9.17) is 23.0 Å². The summed E-state index contributed by atoms with van der Waals surface area (Å²) in [5.74, 6) is 3.00. The van der Waals surface area contributed by atoms with Crippen LogP contribution in [0.25, 0.3) is 22.9 Å². The highest BCUT2D eigenvalue weighted by molar-refractivity contribution is 7.98. The number of oxazole rings is 1. The minimum atomic E-state index is 0.350. The van der Waals surface area contributed by atoms with Crippen LogP contribution in [0.2, 0.25) is 0 Å². The van der Waals surface area contributed by atoms with Gasteiger partial charge in [-0.3, -0.25) is 0 Å². The Balaban J connectivity index is 1.48. The maximum absolute atomic E-state index is 5.82. The number of aryl methyl sites for hydroxylation is 2. The summed E-state index contributed by atoms with van der Waals surface area (Å²) in [6.07, 6.45) is 1.65. The molecule has 4 rings (SSSR count). The number of hydrogen-bond acceptors (Lipinski definition) is 9. The minimum absolute atomic E-state index is 0.350. The largest absolute Gasteiger partial charge is 0.493 e. The van der Waals surface area contributed by atoms with Crippen LogP contribution >= 0.6 is 11.8 Å². The molecule has 0 spiro atoms. The third kappa shape index (κ3) is 4.43. The second-order valence-corrected chi connectivity index (χ2v) is 7.96. The Morgan fingerprint density at radius 3 is 2.31 bits per heavy atom. The number of methoxy groups -OCH3 is 3. The van der Waals surface area contributed by atoms with Gasteiger partial charge in [-0.25, -0.2) is 4.98 Å². The van der Waals surface area contributed by atoms with Crippen LogP contribution in [0.3, 0.4) is 0 Å². The van der Waals surface area contributed by atoms with Gasteiger partial charge in [-0.15, -0.1) is 10.2 Å². The molecule has 0 radical (unpaired) electrons. The van der Waals surface area contributed by atoms with Gasteiger partial charge in [0.25, 0.3) is 5.22 Å². The topological polar surface area (TPSA) is 92.6 Å². The highest BCUT2D eigenvalue weighted by Crippen LogP contribution is 2.41. The van der Waals surface area contributed by atoms with Crippen LogP contribution in [0, 0.1) is 13.8 Å². The predicted molar refractivity (Wildman–Crippen MR) is 120 cm³/mol. The van der Waals surface area contributed by atoms with Crippen LogP contribution in [0.1, 0.15) is 16.8 Å². The summed E-state index contributed by atoms with van der Waals surface area (Å²) in [7, 11) is 4.66. The quantitative estimate of drug-likeness (QED) is 0.328. The molecule has 2 aromatic heterocycles. The van der Waals surface area contributed by atoms with Gasteiger partial charge in [-0.1, -0.05) is 29.5 Å². The van der Waals surface area contributed by atoms with Gasteiger partial charge in [0.05, 0.1) is 27.0 Å². The summed E-state index contributed by atoms with van der Waals surface area (Å²) in [4.78, 5) is 4.59. The van der Waals surface area contributed by atoms with Crippen LogP contribution in [0.5, 0.6) is 17.2 Å². The highest BCUT2D eigenvalue weighted by atomic mass is 32.2. The SMILES string of the molecule is COc1cc(-c2nnc(SCc3coc(-c4ccc(C)cc4C)n3)o2)cc(OC)c1OC. The first kappa shape index (κ1) is 21.8. The van der Waals surface area contributed by atoms with Crippen LogP contribution < -0.4 is 14.2 Å². The summed E-state index contributed by atoms with van der Waals surface area (Å²) in [6.45, 7) is 4.11. The number of nitrogens with zero attached hydrogens (tertiary/aromatic N) is 3. The van der Waals surface area contributed by atoms with Gasteiger partial charge in [0.2, 0.25) is 17.5 Å². The van der Waals surface area contributed by atoms with Crippen molar-refractivity contribution in [2.24, 2.45) is 0 Å². The lowest BCUT2D eigenvalue weighted by atomic mass is 10.1. The van der Waals surface area contributed by atoms with Crippen molar-refractivity contribution in [3.05, 3.63) is 53.4 Å². The van der Waals surface area contributed by atoms with E-state index >= 15 is 0 Å². The average Bonchev–Trinajstić information content (AvgIpc) is 3.46. The molecule has 166 valence electrons. The summed E-state index contributed by atoms with van der Waals surface area (Å²) in [6, 6.07) is 9.70. The van der Waals surface area contributed by atoms with Gasteiger partial charge in [-0.05, 0) is 37.6 Å². The van der Waals surface area contributed by atoms with E-state index in [2.05, 4.69) is 28.2 Å². The summed E-state index contributed by atoms with van der Waals surface area (Å²) in [5.41, 5.74) is 4.76. The molecule has 0 unspecified atom stereocenters. The Kier molecular flexibility index (Phi) is 6.36. The fourth-order valence-corrected chi connectivity index (χ4v) is 3.92. The number of rotatable bonds is 8. The fourth-order valence-electron chi connectivity index (χ4n) is 3.28. The first-order valence-electron chi connectivity index (χ1n) is 9.81. The number of hydrogen-bond donors (Lipinski definition) is 0. The summed E-state index contributed by atoms with van der Waals surface area (Å²) >= 11 is 1.38. The van der Waals surface area contributed by atoms with Crippen LogP contribution in [0.4, 0.5) is 0 Å². The molecule has 2 aromatic carbocycles. The van der Waals surface area contributed by atoms with Crippen LogP contribution in [-0.2, 0) is 5.75 Å². The van der Waals surface area contributed by atoms with Crippen molar-refractivity contribution in [1.29, 1.82) is 0 Å². The van der Waals surface area contributed by atoms with Crippen molar-refractivity contribution in [3.63, 3.8) is 0 Å². The van der Waals surface area contributed by atoms with E-state index in [-0.39, 0.29) is 0 Å². The van der Waals surface area contributed by atoms with E-state index in [1.807, 2.05) is 19.1 Å². The first-order chi connectivity index (χ1) is 15.5. The molecule has 0 bridgehead atoms. The zero-order valence-electron chi connectivity index (χ0n) is 18.5. The molecule has 0 fully saturated rings. The Bertz CT molecular complexity index is 1210. The monoisotopic (exact) mass is 453 g/mol.